The minimum absolute atomic E-state index is 0.145. The fraction of sp³-hybridized carbons (Fsp3) is 0.204. The Morgan fingerprint density at radius 2 is 0.831 bits per heavy atom. The molecule has 2 heterocycles. The Bertz CT molecular complexity index is 2700. The predicted octanol–water partition coefficient (Wildman–Crippen LogP) is 14.3. The van der Waals surface area contributed by atoms with Gasteiger partial charge in [0, 0.05) is 27.5 Å². The molecule has 0 aliphatic heterocycles. The van der Waals surface area contributed by atoms with E-state index in [2.05, 4.69) is 65.8 Å². The summed E-state index contributed by atoms with van der Waals surface area (Å²) in [6, 6.07) is 37.8. The number of nitrogens with zero attached hydrogens (tertiary/aromatic N) is 4. The number of fused-ring (bicyclic) bond motifs is 3. The molecule has 0 radical (unpaired) electrons. The normalized spacial score (nSPS) is 12.7. The van der Waals surface area contributed by atoms with E-state index in [-0.39, 0.29) is 33.8 Å². The van der Waals surface area contributed by atoms with Gasteiger partial charge in [0.1, 0.15) is 0 Å². The molecule has 0 bridgehead atoms. The van der Waals surface area contributed by atoms with Crippen molar-refractivity contribution in [2.75, 3.05) is 0 Å². The smallest absolute Gasteiger partial charge is 0.308 e. The lowest BCUT2D eigenvalue weighted by molar-refractivity contribution is -0.143. The highest BCUT2D eigenvalue weighted by Gasteiger charge is 2.37. The van der Waals surface area contributed by atoms with Gasteiger partial charge in [-0.1, -0.05) is 120 Å². The Morgan fingerprint density at radius 1 is 0.390 bits per heavy atom. The molecule has 10 heteroatoms. The third kappa shape index (κ3) is 7.71. The number of aromatic nitrogens is 4. The van der Waals surface area contributed by atoms with Crippen molar-refractivity contribution in [3.8, 4) is 51.0 Å². The molecule has 0 saturated heterocycles. The molecule has 59 heavy (non-hydrogen) atoms. The van der Waals surface area contributed by atoms with Crippen LogP contribution in [0.25, 0.3) is 72.8 Å². The van der Waals surface area contributed by atoms with E-state index in [4.69, 9.17) is 15.0 Å². The molecule has 0 saturated carbocycles. The Kier molecular flexibility index (Phi) is 9.53. The highest BCUT2D eigenvalue weighted by Crippen LogP contribution is 2.43. The zero-order valence-electron chi connectivity index (χ0n) is 33.3. The van der Waals surface area contributed by atoms with Gasteiger partial charge in [-0.15, -0.1) is 0 Å². The van der Waals surface area contributed by atoms with Crippen molar-refractivity contribution in [3.63, 3.8) is 0 Å². The maximum absolute atomic E-state index is 14.2. The third-order valence-corrected chi connectivity index (χ3v) is 10.6. The van der Waals surface area contributed by atoms with Crippen LogP contribution in [0.3, 0.4) is 0 Å². The number of benzene rings is 6. The van der Waals surface area contributed by atoms with Crippen molar-refractivity contribution in [1.82, 2.24) is 19.5 Å². The summed E-state index contributed by atoms with van der Waals surface area (Å²) in [5.74, 6) is 1.06. The van der Waals surface area contributed by atoms with Crippen LogP contribution in [0.15, 0.2) is 133 Å². The van der Waals surface area contributed by atoms with Gasteiger partial charge >= 0.3 is 12.4 Å². The van der Waals surface area contributed by atoms with Crippen molar-refractivity contribution in [1.29, 1.82) is 0 Å². The van der Waals surface area contributed by atoms with Gasteiger partial charge < -0.3 is 4.57 Å². The largest absolute Gasteiger partial charge is 0.416 e. The number of rotatable bonds is 5. The lowest BCUT2D eigenvalue weighted by atomic mass is 9.85. The van der Waals surface area contributed by atoms with E-state index in [9.17, 15) is 26.3 Å². The molecule has 0 amide bonds. The van der Waals surface area contributed by atoms with Gasteiger partial charge in [-0.25, -0.2) is 15.0 Å². The standard InChI is InChI=1S/C49H40F6N4/c1-46(2,3)33-18-21-40-38(27-33)39-28-34(47(4,5)6)19-22-41(39)59(40)42-25-31(32-23-35(48(50,51)52)26-36(24-32)49(53,54)55)17-20-37(42)45-57-43(29-13-9-7-10-14-29)56-44(58-45)30-15-11-8-12-16-30/h7-28H,1-6H3. The fourth-order valence-electron chi connectivity index (χ4n) is 7.35. The number of hydrogen-bond acceptors (Lipinski definition) is 3. The van der Waals surface area contributed by atoms with E-state index in [0.717, 1.165) is 56.2 Å². The SMILES string of the molecule is CC(C)(C)c1ccc2c(c1)c1cc(C(C)(C)C)ccc1n2-c1cc(-c2cc(C(F)(F)F)cc(C(F)(F)F)c2)ccc1-c1nc(-c2ccccc2)nc(-c2ccccc2)n1. The van der Waals surface area contributed by atoms with Crippen molar-refractivity contribution >= 4 is 21.8 Å². The highest BCUT2D eigenvalue weighted by atomic mass is 19.4. The van der Waals surface area contributed by atoms with Crippen molar-refractivity contribution in [2.45, 2.75) is 64.7 Å². The molecule has 298 valence electrons. The van der Waals surface area contributed by atoms with Crippen LogP contribution in [-0.4, -0.2) is 19.5 Å². The zero-order chi connectivity index (χ0) is 42.1. The molecule has 8 rings (SSSR count). The molecule has 0 atom stereocenters. The molecule has 4 nitrogen and oxygen atoms in total. The summed E-state index contributed by atoms with van der Waals surface area (Å²) < 4.78 is 87.1. The monoisotopic (exact) mass is 798 g/mol. The molecule has 0 N–H and O–H groups in total. The minimum Gasteiger partial charge on any atom is -0.308 e. The van der Waals surface area contributed by atoms with E-state index < -0.39 is 23.5 Å². The van der Waals surface area contributed by atoms with Crippen LogP contribution in [-0.2, 0) is 23.2 Å². The number of halogens is 6. The minimum atomic E-state index is -5.02. The topological polar surface area (TPSA) is 43.6 Å². The van der Waals surface area contributed by atoms with Crippen LogP contribution in [0, 0.1) is 0 Å². The fourth-order valence-corrected chi connectivity index (χ4v) is 7.35. The van der Waals surface area contributed by atoms with E-state index in [1.165, 1.54) is 6.07 Å². The lowest BCUT2D eigenvalue weighted by Gasteiger charge is -2.20. The van der Waals surface area contributed by atoms with Crippen LogP contribution in [0.1, 0.15) is 63.8 Å². The van der Waals surface area contributed by atoms with E-state index in [1.54, 1.807) is 12.1 Å². The average molecular weight is 799 g/mol. The highest BCUT2D eigenvalue weighted by molar-refractivity contribution is 6.10. The predicted molar refractivity (Wildman–Crippen MR) is 223 cm³/mol. The second-order valence-electron chi connectivity index (χ2n) is 16.9. The van der Waals surface area contributed by atoms with Gasteiger partial charge in [0.2, 0.25) is 0 Å². The summed E-state index contributed by atoms with van der Waals surface area (Å²) in [5.41, 5.74) is 2.92. The molecule has 0 aliphatic rings. The van der Waals surface area contributed by atoms with Gasteiger partial charge in [0.05, 0.1) is 27.8 Å². The van der Waals surface area contributed by atoms with E-state index in [0.29, 0.717) is 22.9 Å². The second kappa shape index (κ2) is 14.2. The summed E-state index contributed by atoms with van der Waals surface area (Å²) in [7, 11) is 0. The molecule has 0 unspecified atom stereocenters. The Balaban J connectivity index is 1.49. The van der Waals surface area contributed by atoms with Crippen LogP contribution in [0.2, 0.25) is 0 Å². The van der Waals surface area contributed by atoms with E-state index >= 15 is 0 Å². The van der Waals surface area contributed by atoms with Gasteiger partial charge in [0.15, 0.2) is 17.5 Å². The Labute approximate surface area is 338 Å². The number of hydrogen-bond donors (Lipinski definition) is 0. The second-order valence-corrected chi connectivity index (χ2v) is 16.9. The molecule has 0 spiro atoms. The zero-order valence-corrected chi connectivity index (χ0v) is 33.3. The van der Waals surface area contributed by atoms with Gasteiger partial charge in [-0.3, -0.25) is 0 Å². The lowest BCUT2D eigenvalue weighted by Crippen LogP contribution is -2.11. The number of alkyl halides is 6. The Hall–Kier alpha value is -6.29. The van der Waals surface area contributed by atoms with Crippen LogP contribution in [0.4, 0.5) is 26.3 Å². The molecular formula is C49H40F6N4. The van der Waals surface area contributed by atoms with Crippen LogP contribution >= 0.6 is 0 Å². The molecule has 0 aliphatic carbocycles. The first kappa shape index (κ1) is 39.5. The molecule has 0 fully saturated rings. The molecular weight excluding hydrogens is 759 g/mol. The third-order valence-electron chi connectivity index (χ3n) is 10.6. The average Bonchev–Trinajstić information content (AvgIpc) is 3.53. The summed E-state index contributed by atoms with van der Waals surface area (Å²) in [5, 5.41) is 1.89. The molecule has 8 aromatic rings. The summed E-state index contributed by atoms with van der Waals surface area (Å²) >= 11 is 0. The van der Waals surface area contributed by atoms with Crippen molar-refractivity contribution in [3.05, 3.63) is 156 Å². The maximum atomic E-state index is 14.2. The molecule has 6 aromatic carbocycles. The van der Waals surface area contributed by atoms with E-state index in [1.807, 2.05) is 77.4 Å². The summed E-state index contributed by atoms with van der Waals surface area (Å²) in [4.78, 5) is 14.8. The Morgan fingerprint density at radius 3 is 1.25 bits per heavy atom. The first-order chi connectivity index (χ1) is 27.8. The van der Waals surface area contributed by atoms with Gasteiger partial charge in [-0.05, 0) is 87.7 Å². The van der Waals surface area contributed by atoms with Crippen molar-refractivity contribution in [2.24, 2.45) is 0 Å². The quantitative estimate of drug-likeness (QED) is 0.163. The summed E-state index contributed by atoms with van der Waals surface area (Å²) in [6.45, 7) is 12.8. The summed E-state index contributed by atoms with van der Waals surface area (Å²) in [6.07, 6.45) is -10.0. The van der Waals surface area contributed by atoms with Gasteiger partial charge in [-0.2, -0.15) is 26.3 Å². The first-order valence-electron chi connectivity index (χ1n) is 19.2. The maximum Gasteiger partial charge on any atom is 0.416 e. The van der Waals surface area contributed by atoms with Crippen LogP contribution < -0.4 is 0 Å². The molecule has 2 aromatic heterocycles. The van der Waals surface area contributed by atoms with Crippen molar-refractivity contribution < 1.29 is 26.3 Å². The van der Waals surface area contributed by atoms with Crippen LogP contribution in [0.5, 0.6) is 0 Å². The first-order valence-corrected chi connectivity index (χ1v) is 19.2. The van der Waals surface area contributed by atoms with Gasteiger partial charge in [0.25, 0.3) is 0 Å².